The molecule has 2 saturated heterocycles. The molecule has 2 aliphatic heterocycles. The average Bonchev–Trinajstić information content (AvgIpc) is 2.57. The number of carbonyl (C=O) groups excluding carboxylic acids is 1. The van der Waals surface area contributed by atoms with Crippen molar-refractivity contribution in [2.75, 3.05) is 19.7 Å². The summed E-state index contributed by atoms with van der Waals surface area (Å²) in [7, 11) is 0. The maximum absolute atomic E-state index is 12.7. The highest BCUT2D eigenvalue weighted by Crippen LogP contribution is 2.35. The molecule has 0 aliphatic carbocycles. The standard InChI is InChI=1S/C20H29NO3/c1-19(2,3)16-8-6-15(7-9-16)18(23)21-12-10-20(11-13-21)17(22)5-4-14-24-20/h6-9,17,22H,4-5,10-14H2,1-3H3. The van der Waals surface area contributed by atoms with E-state index in [2.05, 4.69) is 20.8 Å². The molecule has 1 N–H and O–H groups in total. The topological polar surface area (TPSA) is 49.8 Å². The van der Waals surface area contributed by atoms with Gasteiger partial charge >= 0.3 is 0 Å². The number of hydrogen-bond acceptors (Lipinski definition) is 3. The Bertz CT molecular complexity index is 580. The van der Waals surface area contributed by atoms with Crippen LogP contribution in [0.2, 0.25) is 0 Å². The Hall–Kier alpha value is -1.39. The van der Waals surface area contributed by atoms with E-state index in [1.165, 1.54) is 5.56 Å². The fourth-order valence-electron chi connectivity index (χ4n) is 3.77. The zero-order valence-electron chi connectivity index (χ0n) is 15.0. The fourth-order valence-corrected chi connectivity index (χ4v) is 3.77. The van der Waals surface area contributed by atoms with Gasteiger partial charge in [-0.2, -0.15) is 0 Å². The molecule has 3 rings (SSSR count). The molecule has 4 heteroatoms. The smallest absolute Gasteiger partial charge is 0.253 e. The lowest BCUT2D eigenvalue weighted by molar-refractivity contribution is -0.174. The number of aliphatic hydroxyl groups excluding tert-OH is 1. The van der Waals surface area contributed by atoms with Gasteiger partial charge in [0.1, 0.15) is 0 Å². The summed E-state index contributed by atoms with van der Waals surface area (Å²) in [6.07, 6.45) is 2.78. The largest absolute Gasteiger partial charge is 0.390 e. The van der Waals surface area contributed by atoms with Crippen molar-refractivity contribution in [2.45, 2.75) is 63.6 Å². The van der Waals surface area contributed by atoms with Crippen LogP contribution in [0.4, 0.5) is 0 Å². The molecule has 1 atom stereocenters. The molecule has 24 heavy (non-hydrogen) atoms. The monoisotopic (exact) mass is 331 g/mol. The van der Waals surface area contributed by atoms with Crippen LogP contribution in [0, 0.1) is 0 Å². The number of piperidine rings is 1. The van der Waals surface area contributed by atoms with Crippen molar-refractivity contribution in [3.63, 3.8) is 0 Å². The number of benzene rings is 1. The van der Waals surface area contributed by atoms with Crippen LogP contribution in [0.1, 0.15) is 62.4 Å². The first kappa shape index (κ1) is 17.4. The highest BCUT2D eigenvalue weighted by atomic mass is 16.5. The van der Waals surface area contributed by atoms with E-state index in [9.17, 15) is 9.90 Å². The Balaban J connectivity index is 1.65. The molecular weight excluding hydrogens is 302 g/mol. The fraction of sp³-hybridized carbons (Fsp3) is 0.650. The van der Waals surface area contributed by atoms with E-state index in [0.29, 0.717) is 13.1 Å². The van der Waals surface area contributed by atoms with Gasteiger partial charge in [0.2, 0.25) is 0 Å². The molecule has 1 spiro atoms. The van der Waals surface area contributed by atoms with Crippen molar-refractivity contribution in [3.8, 4) is 0 Å². The third-order valence-corrected chi connectivity index (χ3v) is 5.51. The van der Waals surface area contributed by atoms with Gasteiger partial charge in [0.05, 0.1) is 11.7 Å². The number of hydrogen-bond donors (Lipinski definition) is 1. The second-order valence-corrected chi connectivity index (χ2v) is 8.19. The molecule has 1 amide bonds. The average molecular weight is 331 g/mol. The molecule has 132 valence electrons. The van der Waals surface area contributed by atoms with Crippen LogP contribution in [-0.2, 0) is 10.2 Å². The summed E-state index contributed by atoms with van der Waals surface area (Å²) < 4.78 is 5.92. The summed E-state index contributed by atoms with van der Waals surface area (Å²) in [6.45, 7) is 8.53. The zero-order chi connectivity index (χ0) is 17.4. The third-order valence-electron chi connectivity index (χ3n) is 5.51. The molecule has 2 heterocycles. The first-order chi connectivity index (χ1) is 11.3. The molecule has 0 saturated carbocycles. The van der Waals surface area contributed by atoms with Gasteiger partial charge in [-0.1, -0.05) is 32.9 Å². The Morgan fingerprint density at radius 3 is 2.38 bits per heavy atom. The summed E-state index contributed by atoms with van der Waals surface area (Å²) in [6, 6.07) is 7.96. The van der Waals surface area contributed by atoms with E-state index in [-0.39, 0.29) is 11.3 Å². The lowest BCUT2D eigenvalue weighted by Gasteiger charge is -2.46. The van der Waals surface area contributed by atoms with Gasteiger partial charge in [0.15, 0.2) is 0 Å². The van der Waals surface area contributed by atoms with Gasteiger partial charge in [0.25, 0.3) is 5.91 Å². The van der Waals surface area contributed by atoms with Gasteiger partial charge in [-0.05, 0) is 48.8 Å². The van der Waals surface area contributed by atoms with Crippen molar-refractivity contribution in [1.29, 1.82) is 0 Å². The van der Waals surface area contributed by atoms with Crippen LogP contribution in [0.5, 0.6) is 0 Å². The predicted molar refractivity (Wildman–Crippen MR) is 94.2 cm³/mol. The van der Waals surface area contributed by atoms with Gasteiger partial charge in [0, 0.05) is 25.3 Å². The van der Waals surface area contributed by atoms with Crippen LogP contribution < -0.4 is 0 Å². The number of rotatable bonds is 1. The quantitative estimate of drug-likeness (QED) is 0.860. The Morgan fingerprint density at radius 1 is 1.21 bits per heavy atom. The summed E-state index contributed by atoms with van der Waals surface area (Å²) in [5, 5.41) is 10.3. The predicted octanol–water partition coefficient (Wildman–Crippen LogP) is 3.13. The SMILES string of the molecule is CC(C)(C)c1ccc(C(=O)N2CCC3(CC2)OCCCC3O)cc1. The molecule has 0 bridgehead atoms. The van der Waals surface area contributed by atoms with Gasteiger partial charge in [-0.25, -0.2) is 0 Å². The van der Waals surface area contributed by atoms with Gasteiger partial charge < -0.3 is 14.7 Å². The number of likely N-dealkylation sites (tertiary alicyclic amines) is 1. The lowest BCUT2D eigenvalue weighted by atomic mass is 9.82. The van der Waals surface area contributed by atoms with E-state index in [0.717, 1.165) is 37.9 Å². The van der Waals surface area contributed by atoms with Crippen LogP contribution >= 0.6 is 0 Å². The molecule has 2 aliphatic rings. The van der Waals surface area contributed by atoms with E-state index in [1.54, 1.807) is 0 Å². The minimum atomic E-state index is -0.425. The number of ether oxygens (including phenoxy) is 1. The van der Waals surface area contributed by atoms with Crippen molar-refractivity contribution in [3.05, 3.63) is 35.4 Å². The molecular formula is C20H29NO3. The Labute approximate surface area is 144 Å². The Kier molecular flexibility index (Phi) is 4.71. The summed E-state index contributed by atoms with van der Waals surface area (Å²) in [4.78, 5) is 14.6. The maximum atomic E-state index is 12.7. The molecule has 0 radical (unpaired) electrons. The molecule has 2 fully saturated rings. The van der Waals surface area contributed by atoms with Gasteiger partial charge in [-0.3, -0.25) is 4.79 Å². The molecule has 0 aromatic heterocycles. The van der Waals surface area contributed by atoms with E-state index in [4.69, 9.17) is 4.74 Å². The minimum absolute atomic E-state index is 0.0793. The zero-order valence-corrected chi connectivity index (χ0v) is 15.0. The van der Waals surface area contributed by atoms with Crippen molar-refractivity contribution in [2.24, 2.45) is 0 Å². The lowest BCUT2D eigenvalue weighted by Crippen LogP contribution is -2.56. The van der Waals surface area contributed by atoms with Crippen LogP contribution in [0.3, 0.4) is 0 Å². The first-order valence-electron chi connectivity index (χ1n) is 9.04. The number of carbonyl (C=O) groups is 1. The highest BCUT2D eigenvalue weighted by molar-refractivity contribution is 5.94. The van der Waals surface area contributed by atoms with Crippen molar-refractivity contribution < 1.29 is 14.6 Å². The van der Waals surface area contributed by atoms with E-state index < -0.39 is 11.7 Å². The number of amides is 1. The van der Waals surface area contributed by atoms with E-state index in [1.807, 2.05) is 29.2 Å². The number of aliphatic hydroxyl groups is 1. The molecule has 4 nitrogen and oxygen atoms in total. The second-order valence-electron chi connectivity index (χ2n) is 8.19. The molecule has 1 unspecified atom stereocenters. The van der Waals surface area contributed by atoms with Crippen LogP contribution in [0.25, 0.3) is 0 Å². The highest BCUT2D eigenvalue weighted by Gasteiger charge is 2.44. The van der Waals surface area contributed by atoms with Crippen LogP contribution in [0.15, 0.2) is 24.3 Å². The summed E-state index contributed by atoms with van der Waals surface area (Å²) >= 11 is 0. The second kappa shape index (κ2) is 6.49. The normalized spacial score (nSPS) is 24.2. The van der Waals surface area contributed by atoms with Crippen LogP contribution in [-0.4, -0.2) is 47.3 Å². The van der Waals surface area contributed by atoms with E-state index >= 15 is 0 Å². The molecule has 1 aromatic rings. The Morgan fingerprint density at radius 2 is 1.83 bits per heavy atom. The maximum Gasteiger partial charge on any atom is 0.253 e. The molecule has 1 aromatic carbocycles. The van der Waals surface area contributed by atoms with Gasteiger partial charge in [-0.15, -0.1) is 0 Å². The first-order valence-corrected chi connectivity index (χ1v) is 9.04. The third kappa shape index (κ3) is 3.35. The van der Waals surface area contributed by atoms with Crippen molar-refractivity contribution in [1.82, 2.24) is 4.90 Å². The minimum Gasteiger partial charge on any atom is -0.390 e. The van der Waals surface area contributed by atoms with Crippen molar-refractivity contribution >= 4 is 5.91 Å². The summed E-state index contributed by atoms with van der Waals surface area (Å²) in [5.74, 6) is 0.0793. The summed E-state index contributed by atoms with van der Waals surface area (Å²) in [5.41, 5.74) is 1.64. The number of nitrogens with zero attached hydrogens (tertiary/aromatic N) is 1.